The molecule has 2 aromatic rings. The smallest absolute Gasteiger partial charge is 0.360 e. The lowest BCUT2D eigenvalue weighted by Crippen LogP contribution is -2.07. The Morgan fingerprint density at radius 2 is 2.17 bits per heavy atom. The SMILES string of the molecule is CCOC(=O)c1nnsc1CSc1ccccc1. The molecule has 0 fully saturated rings. The molecule has 0 unspecified atom stereocenters. The molecule has 1 aromatic carbocycles. The molecule has 1 heterocycles. The van der Waals surface area contributed by atoms with Gasteiger partial charge in [0, 0.05) is 10.6 Å². The zero-order chi connectivity index (χ0) is 12.8. The van der Waals surface area contributed by atoms with E-state index in [1.54, 1.807) is 18.7 Å². The van der Waals surface area contributed by atoms with E-state index in [1.165, 1.54) is 11.5 Å². The Hall–Kier alpha value is -1.40. The van der Waals surface area contributed by atoms with Gasteiger partial charge in [0.15, 0.2) is 5.69 Å². The van der Waals surface area contributed by atoms with E-state index in [2.05, 4.69) is 9.59 Å². The van der Waals surface area contributed by atoms with Gasteiger partial charge in [0.05, 0.1) is 11.5 Å². The molecule has 0 amide bonds. The van der Waals surface area contributed by atoms with Gasteiger partial charge in [-0.1, -0.05) is 22.7 Å². The molecule has 18 heavy (non-hydrogen) atoms. The third kappa shape index (κ3) is 3.30. The summed E-state index contributed by atoms with van der Waals surface area (Å²) in [6.07, 6.45) is 0. The summed E-state index contributed by atoms with van der Waals surface area (Å²) in [4.78, 5) is 13.6. The van der Waals surface area contributed by atoms with E-state index in [-0.39, 0.29) is 0 Å². The number of aromatic nitrogens is 2. The first-order valence-corrected chi connectivity index (χ1v) is 7.23. The van der Waals surface area contributed by atoms with Gasteiger partial charge in [0.1, 0.15) is 0 Å². The topological polar surface area (TPSA) is 52.1 Å². The number of rotatable bonds is 5. The number of hydrogen-bond acceptors (Lipinski definition) is 6. The summed E-state index contributed by atoms with van der Waals surface area (Å²) in [6.45, 7) is 2.12. The van der Waals surface area contributed by atoms with Gasteiger partial charge in [-0.2, -0.15) is 0 Å². The second-order valence-corrected chi connectivity index (χ2v) is 5.25. The summed E-state index contributed by atoms with van der Waals surface area (Å²) >= 11 is 2.89. The highest BCUT2D eigenvalue weighted by Crippen LogP contribution is 2.25. The quantitative estimate of drug-likeness (QED) is 0.622. The maximum absolute atomic E-state index is 11.6. The van der Waals surface area contributed by atoms with Crippen LogP contribution in [0.1, 0.15) is 22.3 Å². The van der Waals surface area contributed by atoms with Crippen LogP contribution in [-0.2, 0) is 10.5 Å². The Bertz CT molecular complexity index is 514. The van der Waals surface area contributed by atoms with E-state index in [9.17, 15) is 4.79 Å². The minimum Gasteiger partial charge on any atom is -0.461 e. The van der Waals surface area contributed by atoms with E-state index in [0.29, 0.717) is 18.1 Å². The number of ether oxygens (including phenoxy) is 1. The predicted molar refractivity (Wildman–Crippen MR) is 71.9 cm³/mol. The summed E-state index contributed by atoms with van der Waals surface area (Å²) in [5.74, 6) is 0.283. The van der Waals surface area contributed by atoms with Crippen molar-refractivity contribution in [1.29, 1.82) is 0 Å². The average molecular weight is 280 g/mol. The van der Waals surface area contributed by atoms with Crippen LogP contribution in [-0.4, -0.2) is 22.2 Å². The Morgan fingerprint density at radius 3 is 2.89 bits per heavy atom. The van der Waals surface area contributed by atoms with Crippen molar-refractivity contribution in [2.45, 2.75) is 17.6 Å². The number of hydrogen-bond donors (Lipinski definition) is 0. The fourth-order valence-corrected chi connectivity index (χ4v) is 2.93. The van der Waals surface area contributed by atoms with Crippen LogP contribution >= 0.6 is 23.3 Å². The van der Waals surface area contributed by atoms with Crippen LogP contribution in [0.15, 0.2) is 35.2 Å². The highest BCUT2D eigenvalue weighted by Gasteiger charge is 2.17. The third-order valence-electron chi connectivity index (χ3n) is 2.14. The zero-order valence-electron chi connectivity index (χ0n) is 9.83. The molecular formula is C12H12N2O2S2. The number of esters is 1. The molecule has 0 aliphatic rings. The Balaban J connectivity index is 2.02. The van der Waals surface area contributed by atoms with Crippen LogP contribution in [0.25, 0.3) is 0 Å². The first kappa shape index (κ1) is 13.0. The zero-order valence-corrected chi connectivity index (χ0v) is 11.5. The van der Waals surface area contributed by atoms with E-state index in [4.69, 9.17) is 4.74 Å². The molecule has 0 atom stereocenters. The predicted octanol–water partition coefficient (Wildman–Crippen LogP) is 3.01. The van der Waals surface area contributed by atoms with Gasteiger partial charge in [-0.05, 0) is 30.6 Å². The van der Waals surface area contributed by atoms with Gasteiger partial charge in [-0.3, -0.25) is 0 Å². The van der Waals surface area contributed by atoms with Crippen molar-refractivity contribution in [3.8, 4) is 0 Å². The second kappa shape index (κ2) is 6.51. The number of carbonyl (C=O) groups excluding carboxylic acids is 1. The summed E-state index contributed by atoms with van der Waals surface area (Å²) < 4.78 is 8.75. The van der Waals surface area contributed by atoms with Gasteiger partial charge in [0.25, 0.3) is 0 Å². The highest BCUT2D eigenvalue weighted by molar-refractivity contribution is 7.98. The molecule has 0 aliphatic heterocycles. The molecule has 94 valence electrons. The lowest BCUT2D eigenvalue weighted by molar-refractivity contribution is 0.0518. The summed E-state index contributed by atoms with van der Waals surface area (Å²) in [6, 6.07) is 10.0. The lowest BCUT2D eigenvalue weighted by Gasteiger charge is -2.01. The van der Waals surface area contributed by atoms with Crippen LogP contribution in [0.2, 0.25) is 0 Å². The lowest BCUT2D eigenvalue weighted by atomic mass is 10.4. The van der Waals surface area contributed by atoms with Gasteiger partial charge in [-0.15, -0.1) is 16.9 Å². The maximum atomic E-state index is 11.6. The summed E-state index contributed by atoms with van der Waals surface area (Å²) in [5, 5.41) is 3.83. The van der Waals surface area contributed by atoms with Crippen molar-refractivity contribution >= 4 is 29.3 Å². The van der Waals surface area contributed by atoms with E-state index in [1.807, 2.05) is 30.3 Å². The minimum absolute atomic E-state index is 0.338. The molecule has 0 bridgehead atoms. The average Bonchev–Trinajstić information content (AvgIpc) is 2.86. The molecule has 2 rings (SSSR count). The van der Waals surface area contributed by atoms with Crippen LogP contribution in [0.4, 0.5) is 0 Å². The minimum atomic E-state index is -0.394. The Kier molecular flexibility index (Phi) is 4.72. The van der Waals surface area contributed by atoms with Crippen LogP contribution in [0, 0.1) is 0 Å². The molecule has 0 aliphatic carbocycles. The molecule has 0 radical (unpaired) electrons. The van der Waals surface area contributed by atoms with Crippen molar-refractivity contribution in [3.05, 3.63) is 40.9 Å². The third-order valence-corrected chi connectivity index (χ3v) is 4.08. The molecule has 0 spiro atoms. The fourth-order valence-electron chi connectivity index (χ4n) is 1.32. The summed E-state index contributed by atoms with van der Waals surface area (Å²) in [7, 11) is 0. The highest BCUT2D eigenvalue weighted by atomic mass is 32.2. The normalized spacial score (nSPS) is 10.3. The molecular weight excluding hydrogens is 268 g/mol. The van der Waals surface area contributed by atoms with Crippen LogP contribution in [0.3, 0.4) is 0 Å². The van der Waals surface area contributed by atoms with Crippen molar-refractivity contribution < 1.29 is 9.53 Å². The standard InChI is InChI=1S/C12H12N2O2S2/c1-2-16-12(15)11-10(18-14-13-11)8-17-9-6-4-3-5-7-9/h3-7H,2,8H2,1H3. The fraction of sp³-hybridized carbons (Fsp3) is 0.250. The van der Waals surface area contributed by atoms with Crippen molar-refractivity contribution in [2.75, 3.05) is 6.61 Å². The van der Waals surface area contributed by atoms with Gasteiger partial charge < -0.3 is 4.74 Å². The number of thioether (sulfide) groups is 1. The number of nitrogens with zero attached hydrogens (tertiary/aromatic N) is 2. The molecule has 0 saturated heterocycles. The maximum Gasteiger partial charge on any atom is 0.360 e. The van der Waals surface area contributed by atoms with Crippen molar-refractivity contribution in [2.24, 2.45) is 0 Å². The first-order chi connectivity index (χ1) is 8.81. The summed E-state index contributed by atoms with van der Waals surface area (Å²) in [5.41, 5.74) is 0.338. The van der Waals surface area contributed by atoms with Gasteiger partial charge >= 0.3 is 5.97 Å². The molecule has 4 nitrogen and oxygen atoms in total. The van der Waals surface area contributed by atoms with E-state index in [0.717, 1.165) is 9.77 Å². The Morgan fingerprint density at radius 1 is 1.39 bits per heavy atom. The molecule has 6 heteroatoms. The molecule has 1 aromatic heterocycles. The molecule has 0 N–H and O–H groups in total. The van der Waals surface area contributed by atoms with E-state index < -0.39 is 5.97 Å². The van der Waals surface area contributed by atoms with Crippen molar-refractivity contribution in [3.63, 3.8) is 0 Å². The number of benzene rings is 1. The van der Waals surface area contributed by atoms with E-state index >= 15 is 0 Å². The largest absolute Gasteiger partial charge is 0.461 e. The van der Waals surface area contributed by atoms with Crippen molar-refractivity contribution in [1.82, 2.24) is 9.59 Å². The monoisotopic (exact) mass is 280 g/mol. The van der Waals surface area contributed by atoms with Crippen LogP contribution in [0.5, 0.6) is 0 Å². The second-order valence-electron chi connectivity index (χ2n) is 3.37. The number of carbonyl (C=O) groups is 1. The van der Waals surface area contributed by atoms with Gasteiger partial charge in [-0.25, -0.2) is 4.79 Å². The van der Waals surface area contributed by atoms with Gasteiger partial charge in [0.2, 0.25) is 0 Å². The van der Waals surface area contributed by atoms with Crippen LogP contribution < -0.4 is 0 Å². The first-order valence-electron chi connectivity index (χ1n) is 5.47. The molecule has 0 saturated carbocycles. The Labute approximate surface area is 114 Å².